The van der Waals surface area contributed by atoms with Gasteiger partial charge in [-0.1, -0.05) is 30.3 Å². The second-order valence-corrected chi connectivity index (χ2v) is 5.80. The van der Waals surface area contributed by atoms with E-state index < -0.39 is 0 Å². The van der Waals surface area contributed by atoms with Crippen LogP contribution < -0.4 is 0 Å². The van der Waals surface area contributed by atoms with E-state index in [0.29, 0.717) is 6.10 Å². The van der Waals surface area contributed by atoms with Gasteiger partial charge in [-0.2, -0.15) is 0 Å². The van der Waals surface area contributed by atoms with Gasteiger partial charge in [-0.3, -0.25) is 0 Å². The van der Waals surface area contributed by atoms with Crippen LogP contribution in [0.15, 0.2) is 30.3 Å². The Balaban J connectivity index is 1.81. The summed E-state index contributed by atoms with van der Waals surface area (Å²) in [5.41, 5.74) is 1.58. The molecule has 2 aliphatic rings. The summed E-state index contributed by atoms with van der Waals surface area (Å²) in [6, 6.07) is 10.7. The molecular weight excluding hydrogens is 232 g/mol. The average molecular weight is 251 g/mol. The molecule has 3 rings (SSSR count). The van der Waals surface area contributed by atoms with E-state index in [-0.39, 0.29) is 5.41 Å². The van der Waals surface area contributed by atoms with Crippen molar-refractivity contribution in [1.29, 1.82) is 0 Å². The smallest absolute Gasteiger partial charge is 0.0674 e. The van der Waals surface area contributed by atoms with Gasteiger partial charge in [0.2, 0.25) is 0 Å². The number of alkyl halides is 1. The SMILES string of the molecule is ClCC1(Cc2ccccc2)CCOC1C1CC1. The fraction of sp³-hybridized carbons (Fsp3) is 0.600. The Bertz CT molecular complexity index is 374. The molecule has 17 heavy (non-hydrogen) atoms. The molecule has 0 bridgehead atoms. The van der Waals surface area contributed by atoms with Crippen LogP contribution in [0.4, 0.5) is 0 Å². The second-order valence-electron chi connectivity index (χ2n) is 5.54. The molecule has 92 valence electrons. The molecule has 1 saturated carbocycles. The van der Waals surface area contributed by atoms with Gasteiger partial charge in [0.1, 0.15) is 0 Å². The van der Waals surface area contributed by atoms with Gasteiger partial charge in [0.05, 0.1) is 6.10 Å². The summed E-state index contributed by atoms with van der Waals surface area (Å²) in [5.74, 6) is 1.50. The normalized spacial score (nSPS) is 32.9. The maximum atomic E-state index is 6.30. The van der Waals surface area contributed by atoms with Crippen LogP contribution in [0.25, 0.3) is 0 Å². The van der Waals surface area contributed by atoms with E-state index in [1.807, 2.05) is 0 Å². The van der Waals surface area contributed by atoms with Crippen molar-refractivity contribution in [2.75, 3.05) is 12.5 Å². The predicted molar refractivity (Wildman–Crippen MR) is 70.4 cm³/mol. The summed E-state index contributed by atoms with van der Waals surface area (Å²) in [5, 5.41) is 0. The Morgan fingerprint density at radius 2 is 2.00 bits per heavy atom. The van der Waals surface area contributed by atoms with Gasteiger partial charge in [0.15, 0.2) is 0 Å². The van der Waals surface area contributed by atoms with Crippen molar-refractivity contribution < 1.29 is 4.74 Å². The number of hydrogen-bond donors (Lipinski definition) is 0. The summed E-state index contributed by atoms with van der Waals surface area (Å²) >= 11 is 6.30. The molecule has 2 fully saturated rings. The highest BCUT2D eigenvalue weighted by Gasteiger charge is 2.50. The summed E-state index contributed by atoms with van der Waals surface area (Å²) in [7, 11) is 0. The van der Waals surface area contributed by atoms with Gasteiger partial charge in [-0.25, -0.2) is 0 Å². The molecule has 2 atom stereocenters. The van der Waals surface area contributed by atoms with E-state index in [2.05, 4.69) is 30.3 Å². The molecular formula is C15H19ClO. The Morgan fingerprint density at radius 1 is 1.24 bits per heavy atom. The first kappa shape index (κ1) is 11.6. The lowest BCUT2D eigenvalue weighted by atomic mass is 9.76. The minimum Gasteiger partial charge on any atom is -0.377 e. The Labute approximate surface area is 108 Å². The van der Waals surface area contributed by atoms with Crippen molar-refractivity contribution in [2.45, 2.75) is 31.8 Å². The Morgan fingerprint density at radius 3 is 2.65 bits per heavy atom. The molecule has 1 heterocycles. The highest BCUT2D eigenvalue weighted by atomic mass is 35.5. The van der Waals surface area contributed by atoms with Crippen LogP contribution in [0.2, 0.25) is 0 Å². The van der Waals surface area contributed by atoms with Crippen molar-refractivity contribution in [3.63, 3.8) is 0 Å². The Hall–Kier alpha value is -0.530. The lowest BCUT2D eigenvalue weighted by Crippen LogP contribution is -2.36. The van der Waals surface area contributed by atoms with Crippen LogP contribution in [0.5, 0.6) is 0 Å². The highest BCUT2D eigenvalue weighted by Crippen LogP contribution is 2.49. The molecule has 1 aromatic carbocycles. The van der Waals surface area contributed by atoms with Crippen molar-refractivity contribution in [2.24, 2.45) is 11.3 Å². The van der Waals surface area contributed by atoms with Gasteiger partial charge < -0.3 is 4.74 Å². The average Bonchev–Trinajstić information content (AvgIpc) is 3.13. The van der Waals surface area contributed by atoms with Gasteiger partial charge in [-0.05, 0) is 37.2 Å². The van der Waals surface area contributed by atoms with Crippen molar-refractivity contribution >= 4 is 11.6 Å². The van der Waals surface area contributed by atoms with Crippen LogP contribution in [-0.2, 0) is 11.2 Å². The summed E-state index contributed by atoms with van der Waals surface area (Å²) in [6.45, 7) is 0.890. The maximum absolute atomic E-state index is 6.30. The number of hydrogen-bond acceptors (Lipinski definition) is 1. The van der Waals surface area contributed by atoms with Crippen molar-refractivity contribution in [3.05, 3.63) is 35.9 Å². The molecule has 1 aliphatic heterocycles. The van der Waals surface area contributed by atoms with E-state index in [1.54, 1.807) is 0 Å². The third-order valence-corrected chi connectivity index (χ3v) is 4.75. The van der Waals surface area contributed by atoms with Crippen LogP contribution in [-0.4, -0.2) is 18.6 Å². The van der Waals surface area contributed by atoms with E-state index in [9.17, 15) is 0 Å². The molecule has 2 heteroatoms. The Kier molecular flexibility index (Phi) is 3.14. The largest absolute Gasteiger partial charge is 0.377 e. The quantitative estimate of drug-likeness (QED) is 0.742. The summed E-state index contributed by atoms with van der Waals surface area (Å²) in [4.78, 5) is 0. The van der Waals surface area contributed by atoms with Crippen LogP contribution >= 0.6 is 11.6 Å². The molecule has 1 aliphatic carbocycles. The first-order chi connectivity index (χ1) is 8.34. The topological polar surface area (TPSA) is 9.23 Å². The fourth-order valence-electron chi connectivity index (χ4n) is 3.12. The summed E-state index contributed by atoms with van der Waals surface area (Å²) in [6.07, 6.45) is 5.25. The van der Waals surface area contributed by atoms with Crippen molar-refractivity contribution in [3.8, 4) is 0 Å². The molecule has 1 nitrogen and oxygen atoms in total. The minimum absolute atomic E-state index is 0.185. The van der Waals surface area contributed by atoms with E-state index in [4.69, 9.17) is 16.3 Å². The predicted octanol–water partition coefficient (Wildman–Crippen LogP) is 3.65. The molecule has 0 amide bonds. The molecule has 0 spiro atoms. The van der Waals surface area contributed by atoms with Gasteiger partial charge in [-0.15, -0.1) is 11.6 Å². The molecule has 0 N–H and O–H groups in total. The monoisotopic (exact) mass is 250 g/mol. The van der Waals surface area contributed by atoms with Gasteiger partial charge in [0.25, 0.3) is 0 Å². The number of benzene rings is 1. The first-order valence-corrected chi connectivity index (χ1v) is 7.09. The van der Waals surface area contributed by atoms with E-state index in [0.717, 1.165) is 31.2 Å². The third kappa shape index (κ3) is 2.23. The van der Waals surface area contributed by atoms with E-state index >= 15 is 0 Å². The van der Waals surface area contributed by atoms with Crippen molar-refractivity contribution in [1.82, 2.24) is 0 Å². The number of rotatable bonds is 4. The molecule has 1 saturated heterocycles. The summed E-state index contributed by atoms with van der Waals surface area (Å²) < 4.78 is 5.97. The van der Waals surface area contributed by atoms with Crippen LogP contribution in [0, 0.1) is 11.3 Å². The van der Waals surface area contributed by atoms with Gasteiger partial charge >= 0.3 is 0 Å². The zero-order valence-electron chi connectivity index (χ0n) is 10.1. The fourth-order valence-corrected chi connectivity index (χ4v) is 3.50. The first-order valence-electron chi connectivity index (χ1n) is 6.56. The zero-order chi connectivity index (χ0) is 11.7. The second kappa shape index (κ2) is 4.62. The third-order valence-electron chi connectivity index (χ3n) is 4.22. The van der Waals surface area contributed by atoms with Crippen LogP contribution in [0.3, 0.4) is 0 Å². The number of halogens is 1. The standard InChI is InChI=1S/C15H19ClO/c16-11-15(10-12-4-2-1-3-5-12)8-9-17-14(15)13-6-7-13/h1-5,13-14H,6-11H2. The highest BCUT2D eigenvalue weighted by molar-refractivity contribution is 6.18. The maximum Gasteiger partial charge on any atom is 0.0674 e. The molecule has 0 radical (unpaired) electrons. The lowest BCUT2D eigenvalue weighted by molar-refractivity contribution is 0.0403. The van der Waals surface area contributed by atoms with E-state index in [1.165, 1.54) is 18.4 Å². The lowest BCUT2D eigenvalue weighted by Gasteiger charge is -2.32. The molecule has 1 aromatic rings. The zero-order valence-corrected chi connectivity index (χ0v) is 10.8. The molecule has 2 unspecified atom stereocenters. The number of ether oxygens (including phenoxy) is 1. The van der Waals surface area contributed by atoms with Gasteiger partial charge in [0, 0.05) is 17.9 Å². The van der Waals surface area contributed by atoms with Crippen LogP contribution in [0.1, 0.15) is 24.8 Å². The molecule has 0 aromatic heterocycles. The minimum atomic E-state index is 0.185.